The average molecular weight is 300 g/mol. The van der Waals surface area contributed by atoms with Crippen molar-refractivity contribution in [1.82, 2.24) is 10.2 Å². The molecular formula is C16H26F2N2O. The molecule has 1 aromatic rings. The topological polar surface area (TPSA) is 24.5 Å². The molecule has 1 rings (SSSR count). The van der Waals surface area contributed by atoms with E-state index < -0.39 is 11.6 Å². The van der Waals surface area contributed by atoms with Gasteiger partial charge in [-0.1, -0.05) is 19.1 Å². The highest BCUT2D eigenvalue weighted by Crippen LogP contribution is 2.20. The van der Waals surface area contributed by atoms with Gasteiger partial charge in [0.05, 0.1) is 0 Å². The number of benzene rings is 1. The van der Waals surface area contributed by atoms with Gasteiger partial charge in [-0.3, -0.25) is 0 Å². The minimum absolute atomic E-state index is 0.215. The van der Waals surface area contributed by atoms with Gasteiger partial charge in [-0.15, -0.1) is 0 Å². The average Bonchev–Trinajstić information content (AvgIpc) is 2.47. The second-order valence-corrected chi connectivity index (χ2v) is 5.26. The fourth-order valence-electron chi connectivity index (χ4n) is 2.26. The number of likely N-dealkylation sites (N-methyl/N-ethyl adjacent to an activating group) is 1. The lowest BCUT2D eigenvalue weighted by Gasteiger charge is -2.25. The van der Waals surface area contributed by atoms with Crippen LogP contribution in [0.1, 0.15) is 31.4 Å². The van der Waals surface area contributed by atoms with E-state index in [1.54, 1.807) is 19.2 Å². The van der Waals surface area contributed by atoms with Crippen LogP contribution in [0.15, 0.2) is 18.2 Å². The zero-order valence-corrected chi connectivity index (χ0v) is 13.2. The number of nitrogens with one attached hydrogen (secondary N) is 1. The lowest BCUT2D eigenvalue weighted by atomic mass is 10.0. The summed E-state index contributed by atoms with van der Waals surface area (Å²) in [7, 11) is 3.65. The summed E-state index contributed by atoms with van der Waals surface area (Å²) in [4.78, 5) is 2.11. The van der Waals surface area contributed by atoms with E-state index in [9.17, 15) is 8.78 Å². The fourth-order valence-corrected chi connectivity index (χ4v) is 2.26. The first-order valence-electron chi connectivity index (χ1n) is 7.44. The maximum Gasteiger partial charge on any atom is 0.163 e. The molecule has 0 fully saturated rings. The Hall–Kier alpha value is -1.04. The van der Waals surface area contributed by atoms with Crippen molar-refractivity contribution in [2.45, 2.75) is 25.8 Å². The number of rotatable bonds is 10. The predicted molar refractivity (Wildman–Crippen MR) is 81.4 cm³/mol. The second-order valence-electron chi connectivity index (χ2n) is 5.26. The van der Waals surface area contributed by atoms with Gasteiger partial charge in [0, 0.05) is 38.4 Å². The summed E-state index contributed by atoms with van der Waals surface area (Å²) < 4.78 is 32.4. The second kappa shape index (κ2) is 9.82. The Balaban J connectivity index is 2.73. The molecule has 5 heteroatoms. The maximum atomic E-state index is 14.0. The normalized spacial score (nSPS) is 12.9. The smallest absolute Gasteiger partial charge is 0.163 e. The van der Waals surface area contributed by atoms with Gasteiger partial charge in [0.25, 0.3) is 0 Å². The van der Waals surface area contributed by atoms with E-state index in [1.807, 2.05) is 14.0 Å². The minimum Gasteiger partial charge on any atom is -0.385 e. The zero-order valence-electron chi connectivity index (χ0n) is 13.2. The monoisotopic (exact) mass is 300 g/mol. The van der Waals surface area contributed by atoms with Crippen molar-refractivity contribution in [2.75, 3.05) is 40.4 Å². The van der Waals surface area contributed by atoms with Gasteiger partial charge in [0.15, 0.2) is 11.6 Å². The highest BCUT2D eigenvalue weighted by Gasteiger charge is 2.19. The van der Waals surface area contributed by atoms with E-state index in [2.05, 4.69) is 10.2 Å². The Morgan fingerprint density at radius 2 is 2.10 bits per heavy atom. The third kappa shape index (κ3) is 6.08. The van der Waals surface area contributed by atoms with Crippen molar-refractivity contribution in [3.05, 3.63) is 35.4 Å². The third-order valence-corrected chi connectivity index (χ3v) is 3.38. The molecule has 0 amide bonds. The molecule has 0 saturated carbocycles. The molecule has 21 heavy (non-hydrogen) atoms. The number of nitrogens with zero attached hydrogens (tertiary/aromatic N) is 1. The Morgan fingerprint density at radius 3 is 2.76 bits per heavy atom. The summed E-state index contributed by atoms with van der Waals surface area (Å²) in [6.07, 6.45) is 1.86. The van der Waals surface area contributed by atoms with Gasteiger partial charge in [-0.05, 0) is 32.5 Å². The van der Waals surface area contributed by atoms with Crippen molar-refractivity contribution in [3.8, 4) is 0 Å². The van der Waals surface area contributed by atoms with Crippen LogP contribution in [0.25, 0.3) is 0 Å². The standard InChI is InChI=1S/C16H26F2N2O/c1-4-9-19-15(12-20(2)10-6-11-21-3)13-7-5-8-14(17)16(13)18/h5,7-8,15,19H,4,6,9-12H2,1-3H3. The highest BCUT2D eigenvalue weighted by atomic mass is 19.2. The molecule has 0 heterocycles. The number of ether oxygens (including phenoxy) is 1. The molecule has 0 aliphatic heterocycles. The van der Waals surface area contributed by atoms with E-state index in [4.69, 9.17) is 4.74 Å². The quantitative estimate of drug-likeness (QED) is 0.672. The first-order chi connectivity index (χ1) is 10.1. The SMILES string of the molecule is CCCNC(CN(C)CCCOC)c1cccc(F)c1F. The Labute approximate surface area is 126 Å². The van der Waals surface area contributed by atoms with E-state index in [0.717, 1.165) is 32.0 Å². The van der Waals surface area contributed by atoms with Crippen LogP contribution in [0.5, 0.6) is 0 Å². The summed E-state index contributed by atoms with van der Waals surface area (Å²) >= 11 is 0. The molecule has 1 N–H and O–H groups in total. The summed E-state index contributed by atoms with van der Waals surface area (Å²) in [5.74, 6) is -1.55. The molecule has 0 aromatic heterocycles. The molecule has 0 aliphatic carbocycles. The molecule has 0 radical (unpaired) electrons. The lowest BCUT2D eigenvalue weighted by molar-refractivity contribution is 0.176. The number of hydrogen-bond donors (Lipinski definition) is 1. The van der Waals surface area contributed by atoms with Crippen molar-refractivity contribution in [3.63, 3.8) is 0 Å². The van der Waals surface area contributed by atoms with Crippen LogP contribution in [0, 0.1) is 11.6 Å². The van der Waals surface area contributed by atoms with E-state index in [-0.39, 0.29) is 6.04 Å². The molecule has 0 aliphatic rings. The van der Waals surface area contributed by atoms with Crippen molar-refractivity contribution in [1.29, 1.82) is 0 Å². The van der Waals surface area contributed by atoms with Crippen molar-refractivity contribution < 1.29 is 13.5 Å². The van der Waals surface area contributed by atoms with Crippen LogP contribution in [0.2, 0.25) is 0 Å². The molecular weight excluding hydrogens is 274 g/mol. The molecule has 3 nitrogen and oxygen atoms in total. The van der Waals surface area contributed by atoms with Crippen molar-refractivity contribution >= 4 is 0 Å². The molecule has 0 saturated heterocycles. The molecule has 1 unspecified atom stereocenters. The van der Waals surface area contributed by atoms with Gasteiger partial charge in [-0.25, -0.2) is 8.78 Å². The Kier molecular flexibility index (Phi) is 8.42. The van der Waals surface area contributed by atoms with E-state index in [0.29, 0.717) is 18.7 Å². The zero-order chi connectivity index (χ0) is 15.7. The number of hydrogen-bond acceptors (Lipinski definition) is 3. The van der Waals surface area contributed by atoms with Gasteiger partial charge in [-0.2, -0.15) is 0 Å². The van der Waals surface area contributed by atoms with Crippen molar-refractivity contribution in [2.24, 2.45) is 0 Å². The Morgan fingerprint density at radius 1 is 1.33 bits per heavy atom. The van der Waals surface area contributed by atoms with Gasteiger partial charge >= 0.3 is 0 Å². The van der Waals surface area contributed by atoms with Crippen LogP contribution < -0.4 is 5.32 Å². The minimum atomic E-state index is -0.794. The fraction of sp³-hybridized carbons (Fsp3) is 0.625. The van der Waals surface area contributed by atoms with E-state index in [1.165, 1.54) is 0 Å². The highest BCUT2D eigenvalue weighted by molar-refractivity contribution is 5.23. The predicted octanol–water partition coefficient (Wildman–Crippen LogP) is 2.97. The Bertz CT molecular complexity index is 415. The van der Waals surface area contributed by atoms with Gasteiger partial charge < -0.3 is 15.0 Å². The van der Waals surface area contributed by atoms with Gasteiger partial charge in [0.1, 0.15) is 0 Å². The van der Waals surface area contributed by atoms with Crippen LogP contribution in [-0.2, 0) is 4.74 Å². The lowest BCUT2D eigenvalue weighted by Crippen LogP contribution is -2.35. The molecule has 120 valence electrons. The molecule has 0 bridgehead atoms. The molecule has 1 atom stereocenters. The maximum absolute atomic E-state index is 14.0. The molecule has 1 aromatic carbocycles. The third-order valence-electron chi connectivity index (χ3n) is 3.38. The van der Waals surface area contributed by atoms with E-state index >= 15 is 0 Å². The van der Waals surface area contributed by atoms with Gasteiger partial charge in [0.2, 0.25) is 0 Å². The summed E-state index contributed by atoms with van der Waals surface area (Å²) in [5.41, 5.74) is 0.391. The summed E-state index contributed by atoms with van der Waals surface area (Å²) in [5, 5.41) is 3.30. The number of methoxy groups -OCH3 is 1. The first-order valence-corrected chi connectivity index (χ1v) is 7.44. The van der Waals surface area contributed by atoms with Crippen LogP contribution in [0.4, 0.5) is 8.78 Å². The van der Waals surface area contributed by atoms with Crippen LogP contribution in [0.3, 0.4) is 0 Å². The molecule has 0 spiro atoms. The number of halogens is 2. The largest absolute Gasteiger partial charge is 0.385 e. The first kappa shape index (κ1) is 18.0. The van der Waals surface area contributed by atoms with Crippen LogP contribution >= 0.6 is 0 Å². The summed E-state index contributed by atoms with van der Waals surface area (Å²) in [6, 6.07) is 4.14. The van der Waals surface area contributed by atoms with Crippen LogP contribution in [-0.4, -0.2) is 45.3 Å². The summed E-state index contributed by atoms with van der Waals surface area (Å²) in [6.45, 7) is 5.01.